The predicted octanol–water partition coefficient (Wildman–Crippen LogP) is 3.40. The predicted molar refractivity (Wildman–Crippen MR) is 114 cm³/mol. The van der Waals surface area contributed by atoms with E-state index in [2.05, 4.69) is 22.4 Å². The van der Waals surface area contributed by atoms with Crippen LogP contribution < -0.4 is 10.9 Å². The molecule has 1 aliphatic rings. The van der Waals surface area contributed by atoms with Gasteiger partial charge in [0.2, 0.25) is 5.91 Å². The molecule has 5 nitrogen and oxygen atoms in total. The Morgan fingerprint density at radius 2 is 2.04 bits per heavy atom. The molecule has 2 unspecified atom stereocenters. The van der Waals surface area contributed by atoms with Gasteiger partial charge >= 0.3 is 0 Å². The average Bonchev–Trinajstić information content (AvgIpc) is 2.66. The van der Waals surface area contributed by atoms with E-state index in [9.17, 15) is 9.59 Å². The lowest BCUT2D eigenvalue weighted by atomic mass is 9.92. The van der Waals surface area contributed by atoms with Crippen molar-refractivity contribution in [2.24, 2.45) is 5.92 Å². The van der Waals surface area contributed by atoms with Crippen molar-refractivity contribution in [3.63, 3.8) is 0 Å². The summed E-state index contributed by atoms with van der Waals surface area (Å²) in [6.45, 7) is 8.58. The number of carbonyl (C=O) groups excluding carboxylic acids is 1. The molecule has 0 spiro atoms. The Morgan fingerprint density at radius 3 is 2.71 bits per heavy atom. The molecule has 150 valence electrons. The second kappa shape index (κ2) is 8.52. The highest BCUT2D eigenvalue weighted by atomic mass is 32.2. The maximum atomic E-state index is 12.7. The fraction of sp³-hybridized carbons (Fsp3) is 0.500. The van der Waals surface area contributed by atoms with E-state index in [0.29, 0.717) is 12.3 Å². The smallest absolute Gasteiger partial charge is 0.254 e. The number of aryl methyl sites for hydroxylation is 1. The van der Waals surface area contributed by atoms with Crippen LogP contribution in [-0.4, -0.2) is 27.3 Å². The molecule has 0 saturated heterocycles. The van der Waals surface area contributed by atoms with Crippen molar-refractivity contribution in [1.29, 1.82) is 0 Å². The lowest BCUT2D eigenvalue weighted by Crippen LogP contribution is -2.43. The van der Waals surface area contributed by atoms with Gasteiger partial charge in [0.25, 0.3) is 5.56 Å². The number of benzene rings is 1. The van der Waals surface area contributed by atoms with Crippen molar-refractivity contribution in [3.8, 4) is 0 Å². The van der Waals surface area contributed by atoms with Crippen molar-refractivity contribution in [2.45, 2.75) is 63.7 Å². The first-order chi connectivity index (χ1) is 13.2. The van der Waals surface area contributed by atoms with E-state index in [4.69, 9.17) is 0 Å². The number of rotatable bonds is 5. The SMILES string of the molecule is CC(CCc1ccccc1)NC(=O)C1CSc2nc(C(C)(C)C)cc(=O)n2C1. The van der Waals surface area contributed by atoms with Crippen LogP contribution in [0.2, 0.25) is 0 Å². The third-order valence-corrected chi connectivity index (χ3v) is 6.17. The number of thioether (sulfide) groups is 1. The zero-order valence-corrected chi connectivity index (χ0v) is 17.9. The third kappa shape index (κ3) is 5.04. The summed E-state index contributed by atoms with van der Waals surface area (Å²) in [5.74, 6) is 0.458. The van der Waals surface area contributed by atoms with Gasteiger partial charge in [-0.1, -0.05) is 62.9 Å². The number of amides is 1. The molecule has 1 N–H and O–H groups in total. The average molecular weight is 400 g/mol. The van der Waals surface area contributed by atoms with Crippen LogP contribution in [0.4, 0.5) is 0 Å². The van der Waals surface area contributed by atoms with Gasteiger partial charge in [0.15, 0.2) is 5.16 Å². The summed E-state index contributed by atoms with van der Waals surface area (Å²) in [5.41, 5.74) is 1.83. The maximum Gasteiger partial charge on any atom is 0.254 e. The largest absolute Gasteiger partial charge is 0.353 e. The summed E-state index contributed by atoms with van der Waals surface area (Å²) in [6, 6.07) is 12.0. The van der Waals surface area contributed by atoms with Gasteiger partial charge in [0.05, 0.1) is 11.6 Å². The van der Waals surface area contributed by atoms with Crippen molar-refractivity contribution in [3.05, 3.63) is 58.0 Å². The first-order valence-corrected chi connectivity index (χ1v) is 10.8. The molecule has 1 aromatic heterocycles. The molecule has 1 aliphatic heterocycles. The lowest BCUT2D eigenvalue weighted by Gasteiger charge is -2.27. The molecule has 0 saturated carbocycles. The number of nitrogens with one attached hydrogen (secondary N) is 1. The minimum absolute atomic E-state index is 0.0190. The summed E-state index contributed by atoms with van der Waals surface area (Å²) < 4.78 is 1.64. The number of fused-ring (bicyclic) bond motifs is 1. The van der Waals surface area contributed by atoms with Gasteiger partial charge in [-0.15, -0.1) is 0 Å². The number of nitrogens with zero attached hydrogens (tertiary/aromatic N) is 2. The van der Waals surface area contributed by atoms with Gasteiger partial charge in [-0.05, 0) is 25.3 Å². The highest BCUT2D eigenvalue weighted by Gasteiger charge is 2.29. The standard InChI is InChI=1S/C22H29N3O2S/c1-15(10-11-16-8-6-5-7-9-16)23-20(27)17-13-25-19(26)12-18(22(2,3)4)24-21(25)28-14-17/h5-9,12,15,17H,10-11,13-14H2,1-4H3,(H,23,27). The molecule has 1 aromatic carbocycles. The summed E-state index contributed by atoms with van der Waals surface area (Å²) in [5, 5.41) is 3.84. The van der Waals surface area contributed by atoms with E-state index in [-0.39, 0.29) is 28.8 Å². The molecule has 6 heteroatoms. The molecular formula is C22H29N3O2S. The van der Waals surface area contributed by atoms with Crippen LogP contribution in [0.3, 0.4) is 0 Å². The van der Waals surface area contributed by atoms with Gasteiger partial charge < -0.3 is 5.32 Å². The number of hydrogen-bond donors (Lipinski definition) is 1. The Balaban J connectivity index is 1.60. The van der Waals surface area contributed by atoms with Gasteiger partial charge in [-0.2, -0.15) is 0 Å². The number of aromatic nitrogens is 2. The molecule has 0 bridgehead atoms. The molecule has 2 aromatic rings. The molecule has 0 radical (unpaired) electrons. The molecule has 1 amide bonds. The van der Waals surface area contributed by atoms with Gasteiger partial charge in [0.1, 0.15) is 0 Å². The summed E-state index contributed by atoms with van der Waals surface area (Å²) in [4.78, 5) is 29.9. The molecule has 28 heavy (non-hydrogen) atoms. The van der Waals surface area contributed by atoms with E-state index in [1.807, 2.05) is 45.9 Å². The van der Waals surface area contributed by atoms with Crippen LogP contribution in [-0.2, 0) is 23.2 Å². The van der Waals surface area contributed by atoms with Crippen LogP contribution in [0, 0.1) is 5.92 Å². The monoisotopic (exact) mass is 399 g/mol. The highest BCUT2D eigenvalue weighted by molar-refractivity contribution is 7.99. The quantitative estimate of drug-likeness (QED) is 0.783. The molecular weight excluding hydrogens is 370 g/mol. The van der Waals surface area contributed by atoms with Crippen molar-refractivity contribution >= 4 is 17.7 Å². The van der Waals surface area contributed by atoms with Crippen LogP contribution in [0.1, 0.15) is 45.4 Å². The third-order valence-electron chi connectivity index (χ3n) is 5.03. The zero-order valence-electron chi connectivity index (χ0n) is 17.1. The van der Waals surface area contributed by atoms with Crippen LogP contribution in [0.5, 0.6) is 0 Å². The number of carbonyl (C=O) groups is 1. The summed E-state index contributed by atoms with van der Waals surface area (Å²) in [6.07, 6.45) is 1.83. The van der Waals surface area contributed by atoms with Crippen LogP contribution in [0.15, 0.2) is 46.3 Å². The second-order valence-corrected chi connectivity index (χ2v) is 9.55. The van der Waals surface area contributed by atoms with Gasteiger partial charge in [-0.3, -0.25) is 14.2 Å². The van der Waals surface area contributed by atoms with E-state index in [0.717, 1.165) is 23.7 Å². The fourth-order valence-corrected chi connectivity index (χ4v) is 4.31. The zero-order chi connectivity index (χ0) is 20.3. The van der Waals surface area contributed by atoms with Crippen molar-refractivity contribution in [1.82, 2.24) is 14.9 Å². The fourth-order valence-electron chi connectivity index (χ4n) is 3.21. The Hall–Kier alpha value is -2.08. The molecule has 3 rings (SSSR count). The van der Waals surface area contributed by atoms with Gasteiger partial charge in [-0.25, -0.2) is 4.98 Å². The van der Waals surface area contributed by atoms with E-state index in [1.54, 1.807) is 10.6 Å². The topological polar surface area (TPSA) is 64.0 Å². The van der Waals surface area contributed by atoms with Crippen molar-refractivity contribution in [2.75, 3.05) is 5.75 Å². The van der Waals surface area contributed by atoms with Crippen LogP contribution >= 0.6 is 11.8 Å². The Labute approximate surface area is 171 Å². The van der Waals surface area contributed by atoms with Gasteiger partial charge in [0, 0.05) is 29.8 Å². The minimum atomic E-state index is -0.211. The minimum Gasteiger partial charge on any atom is -0.353 e. The Bertz CT molecular complexity index is 887. The van der Waals surface area contributed by atoms with Crippen molar-refractivity contribution < 1.29 is 4.79 Å². The second-order valence-electron chi connectivity index (χ2n) is 8.56. The Kier molecular flexibility index (Phi) is 6.28. The normalized spacial score (nSPS) is 17.6. The van der Waals surface area contributed by atoms with E-state index < -0.39 is 0 Å². The summed E-state index contributed by atoms with van der Waals surface area (Å²) >= 11 is 1.50. The highest BCUT2D eigenvalue weighted by Crippen LogP contribution is 2.28. The number of hydrogen-bond acceptors (Lipinski definition) is 4. The molecule has 0 aliphatic carbocycles. The molecule has 2 heterocycles. The van der Waals surface area contributed by atoms with E-state index >= 15 is 0 Å². The lowest BCUT2D eigenvalue weighted by molar-refractivity contribution is -0.125. The van der Waals surface area contributed by atoms with E-state index in [1.165, 1.54) is 17.3 Å². The maximum absolute atomic E-state index is 12.7. The summed E-state index contributed by atoms with van der Waals surface area (Å²) in [7, 11) is 0. The molecule has 2 atom stereocenters. The Morgan fingerprint density at radius 1 is 1.32 bits per heavy atom. The first-order valence-electron chi connectivity index (χ1n) is 9.83. The molecule has 0 fully saturated rings. The first kappa shape index (κ1) is 20.6. The van der Waals surface area contributed by atoms with Crippen LogP contribution in [0.25, 0.3) is 0 Å².